The number of aromatic nitrogens is 6. The molecular formula is C11H10N8S. The fraction of sp³-hybridized carbons (Fsp3) is 0. The second-order valence-corrected chi connectivity index (χ2v) is 4.66. The number of rotatable bonds is 4. The summed E-state index contributed by atoms with van der Waals surface area (Å²) in [6.07, 6.45) is 1.61. The Balaban J connectivity index is 1.90. The van der Waals surface area contributed by atoms with Gasteiger partial charge in [0.15, 0.2) is 0 Å². The van der Waals surface area contributed by atoms with Gasteiger partial charge in [-0.2, -0.15) is 4.68 Å². The summed E-state index contributed by atoms with van der Waals surface area (Å²) >= 11 is 1.33. The summed E-state index contributed by atoms with van der Waals surface area (Å²) < 4.78 is 1.64. The highest BCUT2D eigenvalue weighted by molar-refractivity contribution is 7.99. The van der Waals surface area contributed by atoms with Gasteiger partial charge in [-0.15, -0.1) is 5.10 Å². The smallest absolute Gasteiger partial charge is 0.238 e. The third kappa shape index (κ3) is 2.58. The molecular weight excluding hydrogens is 276 g/mol. The Kier molecular flexibility index (Phi) is 3.52. The zero-order valence-electron chi connectivity index (χ0n) is 10.2. The Bertz CT molecular complexity index is 698. The van der Waals surface area contributed by atoms with Gasteiger partial charge in [-0.05, 0) is 40.4 Å². The first kappa shape index (κ1) is 12.5. The molecule has 0 radical (unpaired) electrons. The lowest BCUT2D eigenvalue weighted by atomic mass is 10.3. The Morgan fingerprint density at radius 3 is 2.80 bits per heavy atom. The van der Waals surface area contributed by atoms with Crippen LogP contribution in [0.25, 0.3) is 5.69 Å². The van der Waals surface area contributed by atoms with E-state index in [2.05, 4.69) is 30.9 Å². The first-order valence-electron chi connectivity index (χ1n) is 5.68. The minimum atomic E-state index is 0.341. The van der Waals surface area contributed by atoms with E-state index in [9.17, 15) is 0 Å². The maximum atomic E-state index is 5.28. The molecule has 100 valence electrons. The molecule has 0 unspecified atom stereocenters. The van der Waals surface area contributed by atoms with Gasteiger partial charge in [0.25, 0.3) is 0 Å². The number of nitrogens with zero attached hydrogens (tertiary/aromatic N) is 6. The lowest BCUT2D eigenvalue weighted by molar-refractivity contribution is 0.756. The van der Waals surface area contributed by atoms with Crippen molar-refractivity contribution in [2.45, 2.75) is 10.2 Å². The number of hydrogen-bond donors (Lipinski definition) is 2. The van der Waals surface area contributed by atoms with Gasteiger partial charge in [-0.3, -0.25) is 5.43 Å². The number of tetrazole rings is 1. The third-order valence-electron chi connectivity index (χ3n) is 2.40. The van der Waals surface area contributed by atoms with Crippen molar-refractivity contribution < 1.29 is 0 Å². The number of anilines is 1. The van der Waals surface area contributed by atoms with E-state index in [1.807, 2.05) is 30.3 Å². The number of hydrogen-bond acceptors (Lipinski definition) is 8. The van der Waals surface area contributed by atoms with Crippen molar-refractivity contribution in [2.75, 3.05) is 5.43 Å². The zero-order chi connectivity index (χ0) is 13.8. The fourth-order valence-electron chi connectivity index (χ4n) is 1.54. The molecule has 3 N–H and O–H groups in total. The van der Waals surface area contributed by atoms with E-state index in [-0.39, 0.29) is 0 Å². The number of para-hydroxylation sites is 1. The molecule has 0 spiro atoms. The summed E-state index contributed by atoms with van der Waals surface area (Å²) in [6.45, 7) is 0. The molecule has 3 rings (SSSR count). The van der Waals surface area contributed by atoms with Gasteiger partial charge in [0.2, 0.25) is 11.1 Å². The lowest BCUT2D eigenvalue weighted by Crippen LogP contribution is -2.10. The molecule has 0 aliphatic carbocycles. The molecule has 3 aromatic rings. The highest BCUT2D eigenvalue weighted by Gasteiger charge is 2.11. The van der Waals surface area contributed by atoms with Crippen LogP contribution in [0.2, 0.25) is 0 Å². The fourth-order valence-corrected chi connectivity index (χ4v) is 2.29. The van der Waals surface area contributed by atoms with Crippen molar-refractivity contribution >= 4 is 17.7 Å². The maximum Gasteiger partial charge on any atom is 0.238 e. The molecule has 1 aromatic carbocycles. The monoisotopic (exact) mass is 286 g/mol. The minimum Gasteiger partial charge on any atom is -0.292 e. The summed E-state index contributed by atoms with van der Waals surface area (Å²) in [7, 11) is 0. The van der Waals surface area contributed by atoms with E-state index in [0.29, 0.717) is 16.1 Å². The van der Waals surface area contributed by atoms with Crippen LogP contribution in [0.3, 0.4) is 0 Å². The van der Waals surface area contributed by atoms with Crippen LogP contribution in [0.4, 0.5) is 5.95 Å². The molecule has 2 aromatic heterocycles. The molecule has 20 heavy (non-hydrogen) atoms. The number of nitrogen functional groups attached to an aromatic ring is 1. The Labute approximate surface area is 118 Å². The molecule has 0 atom stereocenters. The van der Waals surface area contributed by atoms with Crippen molar-refractivity contribution in [1.82, 2.24) is 30.2 Å². The standard InChI is InChI=1S/C11H10N8S/c12-15-10-13-7-6-9(14-10)20-11-16-17-18-19(11)8-4-2-1-3-5-8/h1-7H,12H2,(H,13,14,15). The number of nitrogens with two attached hydrogens (primary N) is 1. The minimum absolute atomic E-state index is 0.341. The van der Waals surface area contributed by atoms with Gasteiger partial charge in [-0.1, -0.05) is 18.2 Å². The van der Waals surface area contributed by atoms with Crippen LogP contribution in [-0.4, -0.2) is 30.2 Å². The second kappa shape index (κ2) is 5.63. The predicted octanol–water partition coefficient (Wildman–Crippen LogP) is 0.889. The number of hydrazine groups is 1. The Morgan fingerprint density at radius 2 is 2.00 bits per heavy atom. The lowest BCUT2D eigenvalue weighted by Gasteiger charge is -2.04. The highest BCUT2D eigenvalue weighted by Crippen LogP contribution is 2.25. The molecule has 0 aliphatic rings. The maximum absolute atomic E-state index is 5.28. The molecule has 0 saturated heterocycles. The van der Waals surface area contributed by atoms with Crippen molar-refractivity contribution in [2.24, 2.45) is 5.84 Å². The Hall–Kier alpha value is -2.52. The average molecular weight is 286 g/mol. The van der Waals surface area contributed by atoms with Crippen LogP contribution in [0.15, 0.2) is 52.8 Å². The van der Waals surface area contributed by atoms with Gasteiger partial charge in [-0.25, -0.2) is 15.8 Å². The number of benzene rings is 1. The van der Waals surface area contributed by atoms with Crippen LogP contribution in [0, 0.1) is 0 Å². The van der Waals surface area contributed by atoms with E-state index in [0.717, 1.165) is 5.69 Å². The van der Waals surface area contributed by atoms with Gasteiger partial charge in [0.1, 0.15) is 5.03 Å². The summed E-state index contributed by atoms with van der Waals surface area (Å²) in [6, 6.07) is 11.4. The van der Waals surface area contributed by atoms with Crippen molar-refractivity contribution in [3.05, 3.63) is 42.6 Å². The van der Waals surface area contributed by atoms with E-state index < -0.39 is 0 Å². The molecule has 0 saturated carbocycles. The summed E-state index contributed by atoms with van der Waals surface area (Å²) in [4.78, 5) is 8.16. The SMILES string of the molecule is NNc1nccc(Sc2nnnn2-c2ccccc2)n1. The Morgan fingerprint density at radius 1 is 1.15 bits per heavy atom. The summed E-state index contributed by atoms with van der Waals surface area (Å²) in [5.41, 5.74) is 3.28. The van der Waals surface area contributed by atoms with Crippen LogP contribution >= 0.6 is 11.8 Å². The van der Waals surface area contributed by atoms with Crippen LogP contribution < -0.4 is 11.3 Å². The molecule has 2 heterocycles. The summed E-state index contributed by atoms with van der Waals surface area (Å²) in [5, 5.41) is 13.0. The van der Waals surface area contributed by atoms with Crippen LogP contribution in [0.5, 0.6) is 0 Å². The zero-order valence-corrected chi connectivity index (χ0v) is 11.0. The van der Waals surface area contributed by atoms with Gasteiger partial charge in [0, 0.05) is 6.20 Å². The van der Waals surface area contributed by atoms with Crippen LogP contribution in [-0.2, 0) is 0 Å². The normalized spacial score (nSPS) is 10.4. The van der Waals surface area contributed by atoms with E-state index in [1.54, 1.807) is 16.9 Å². The highest BCUT2D eigenvalue weighted by atomic mass is 32.2. The van der Waals surface area contributed by atoms with E-state index >= 15 is 0 Å². The average Bonchev–Trinajstić information content (AvgIpc) is 2.96. The molecule has 0 amide bonds. The van der Waals surface area contributed by atoms with Gasteiger partial charge < -0.3 is 0 Å². The van der Waals surface area contributed by atoms with E-state index in [1.165, 1.54) is 11.8 Å². The molecule has 8 nitrogen and oxygen atoms in total. The third-order valence-corrected chi connectivity index (χ3v) is 3.27. The van der Waals surface area contributed by atoms with Gasteiger partial charge in [0.05, 0.1) is 5.69 Å². The molecule has 0 fully saturated rings. The van der Waals surface area contributed by atoms with Crippen molar-refractivity contribution in [1.29, 1.82) is 0 Å². The summed E-state index contributed by atoms with van der Waals surface area (Å²) in [5.74, 6) is 5.62. The molecule has 0 bridgehead atoms. The molecule has 0 aliphatic heterocycles. The topological polar surface area (TPSA) is 107 Å². The quantitative estimate of drug-likeness (QED) is 0.413. The first-order valence-corrected chi connectivity index (χ1v) is 6.50. The van der Waals surface area contributed by atoms with Crippen LogP contribution in [0.1, 0.15) is 0 Å². The second-order valence-electron chi connectivity index (χ2n) is 3.67. The van der Waals surface area contributed by atoms with E-state index in [4.69, 9.17) is 5.84 Å². The largest absolute Gasteiger partial charge is 0.292 e. The van der Waals surface area contributed by atoms with Crippen molar-refractivity contribution in [3.63, 3.8) is 0 Å². The van der Waals surface area contributed by atoms with Gasteiger partial charge >= 0.3 is 0 Å². The van der Waals surface area contributed by atoms with Crippen molar-refractivity contribution in [3.8, 4) is 5.69 Å². The molecule has 9 heteroatoms. The first-order chi connectivity index (χ1) is 9.86. The predicted molar refractivity (Wildman–Crippen MR) is 73.1 cm³/mol. The number of nitrogens with one attached hydrogen (secondary N) is 1.